The van der Waals surface area contributed by atoms with E-state index >= 15 is 0 Å². The number of aromatic nitrogens is 1. The van der Waals surface area contributed by atoms with Gasteiger partial charge in [-0.2, -0.15) is 0 Å². The summed E-state index contributed by atoms with van der Waals surface area (Å²) in [5, 5.41) is 0. The van der Waals surface area contributed by atoms with Gasteiger partial charge in [0.05, 0.1) is 11.9 Å². The standard InChI is InChI=1S/C12H18N4O/c1-2-16(8-9-3-4-9)12(17)11-6-5-10(15-13)7-14-11/h5-7,9,15H,2-4,8,13H2,1H3. The molecule has 1 heterocycles. The number of hydrogen-bond acceptors (Lipinski definition) is 4. The molecule has 2 rings (SSSR count). The summed E-state index contributed by atoms with van der Waals surface area (Å²) in [7, 11) is 0. The number of carbonyl (C=O) groups is 1. The van der Waals surface area contributed by atoms with Gasteiger partial charge in [0.2, 0.25) is 0 Å². The Hall–Kier alpha value is -1.62. The van der Waals surface area contributed by atoms with Crippen molar-refractivity contribution in [3.63, 3.8) is 0 Å². The average Bonchev–Trinajstić information content (AvgIpc) is 3.19. The number of nitrogens with two attached hydrogens (primary N) is 1. The SMILES string of the molecule is CCN(CC1CC1)C(=O)c1ccc(NN)cn1. The fourth-order valence-electron chi connectivity index (χ4n) is 1.74. The normalized spacial score (nSPS) is 14.5. The van der Waals surface area contributed by atoms with Crippen molar-refractivity contribution in [2.24, 2.45) is 11.8 Å². The Balaban J connectivity index is 2.04. The number of amides is 1. The molecule has 1 aliphatic carbocycles. The molecule has 0 aliphatic heterocycles. The molecule has 0 saturated heterocycles. The van der Waals surface area contributed by atoms with E-state index in [0.29, 0.717) is 17.3 Å². The third-order valence-corrected chi connectivity index (χ3v) is 2.99. The van der Waals surface area contributed by atoms with Crippen LogP contribution in [0.15, 0.2) is 18.3 Å². The maximum absolute atomic E-state index is 12.2. The lowest BCUT2D eigenvalue weighted by molar-refractivity contribution is 0.0751. The molecule has 0 unspecified atom stereocenters. The van der Waals surface area contributed by atoms with Gasteiger partial charge in [-0.05, 0) is 37.8 Å². The highest BCUT2D eigenvalue weighted by atomic mass is 16.2. The quantitative estimate of drug-likeness (QED) is 0.594. The van der Waals surface area contributed by atoms with Crippen molar-refractivity contribution in [2.45, 2.75) is 19.8 Å². The van der Waals surface area contributed by atoms with Gasteiger partial charge in [0.25, 0.3) is 5.91 Å². The third kappa shape index (κ3) is 2.94. The number of nitrogen functional groups attached to an aromatic ring is 1. The Kier molecular flexibility index (Phi) is 3.58. The number of pyridine rings is 1. The number of anilines is 1. The first-order valence-corrected chi connectivity index (χ1v) is 5.96. The maximum atomic E-state index is 12.2. The van der Waals surface area contributed by atoms with Gasteiger partial charge in [0.15, 0.2) is 0 Å². The number of hydrazine groups is 1. The van der Waals surface area contributed by atoms with E-state index in [0.717, 1.165) is 13.1 Å². The molecule has 0 spiro atoms. The van der Waals surface area contributed by atoms with Crippen LogP contribution in [0.2, 0.25) is 0 Å². The van der Waals surface area contributed by atoms with Crippen LogP contribution < -0.4 is 11.3 Å². The van der Waals surface area contributed by atoms with Crippen molar-refractivity contribution in [3.05, 3.63) is 24.0 Å². The lowest BCUT2D eigenvalue weighted by Crippen LogP contribution is -2.33. The van der Waals surface area contributed by atoms with Crippen molar-refractivity contribution >= 4 is 11.6 Å². The minimum Gasteiger partial charge on any atom is -0.337 e. The first-order chi connectivity index (χ1) is 8.24. The number of rotatable bonds is 5. The molecule has 1 aromatic rings. The summed E-state index contributed by atoms with van der Waals surface area (Å²) in [6, 6.07) is 3.46. The lowest BCUT2D eigenvalue weighted by atomic mass is 10.2. The summed E-state index contributed by atoms with van der Waals surface area (Å²) < 4.78 is 0. The van der Waals surface area contributed by atoms with Gasteiger partial charge < -0.3 is 10.3 Å². The Morgan fingerprint density at radius 1 is 1.59 bits per heavy atom. The summed E-state index contributed by atoms with van der Waals surface area (Å²) >= 11 is 0. The summed E-state index contributed by atoms with van der Waals surface area (Å²) in [4.78, 5) is 18.1. The molecule has 5 nitrogen and oxygen atoms in total. The van der Waals surface area contributed by atoms with Crippen molar-refractivity contribution < 1.29 is 4.79 Å². The zero-order chi connectivity index (χ0) is 12.3. The van der Waals surface area contributed by atoms with E-state index in [1.807, 2.05) is 11.8 Å². The maximum Gasteiger partial charge on any atom is 0.272 e. The minimum atomic E-state index is 0.00275. The molecular formula is C12H18N4O. The highest BCUT2D eigenvalue weighted by Crippen LogP contribution is 2.29. The van der Waals surface area contributed by atoms with Crippen LogP contribution in [0.5, 0.6) is 0 Å². The van der Waals surface area contributed by atoms with Gasteiger partial charge in [-0.25, -0.2) is 4.98 Å². The first kappa shape index (κ1) is 11.9. The Morgan fingerprint density at radius 2 is 2.35 bits per heavy atom. The van der Waals surface area contributed by atoms with Gasteiger partial charge in [-0.15, -0.1) is 0 Å². The molecule has 17 heavy (non-hydrogen) atoms. The van der Waals surface area contributed by atoms with Gasteiger partial charge in [-0.1, -0.05) is 0 Å². The van der Waals surface area contributed by atoms with Crippen molar-refractivity contribution in [2.75, 3.05) is 18.5 Å². The van der Waals surface area contributed by atoms with Crippen LogP contribution >= 0.6 is 0 Å². The number of nitrogens with zero attached hydrogens (tertiary/aromatic N) is 2. The average molecular weight is 234 g/mol. The smallest absolute Gasteiger partial charge is 0.272 e. The monoisotopic (exact) mass is 234 g/mol. The second-order valence-electron chi connectivity index (χ2n) is 4.36. The van der Waals surface area contributed by atoms with E-state index in [4.69, 9.17) is 5.84 Å². The van der Waals surface area contributed by atoms with E-state index in [1.54, 1.807) is 18.3 Å². The molecule has 0 radical (unpaired) electrons. The van der Waals surface area contributed by atoms with E-state index < -0.39 is 0 Å². The fraction of sp³-hybridized carbons (Fsp3) is 0.500. The van der Waals surface area contributed by atoms with Crippen LogP contribution in [0.1, 0.15) is 30.3 Å². The molecule has 0 aromatic carbocycles. The molecule has 5 heteroatoms. The number of hydrogen-bond donors (Lipinski definition) is 2. The zero-order valence-electron chi connectivity index (χ0n) is 10.0. The molecule has 1 aromatic heterocycles. The van der Waals surface area contributed by atoms with Gasteiger partial charge >= 0.3 is 0 Å². The summed E-state index contributed by atoms with van der Waals surface area (Å²) in [6.07, 6.45) is 4.05. The fourth-order valence-corrected chi connectivity index (χ4v) is 1.74. The highest BCUT2D eigenvalue weighted by Gasteiger charge is 2.26. The molecule has 3 N–H and O–H groups in total. The highest BCUT2D eigenvalue weighted by molar-refractivity contribution is 5.92. The van der Waals surface area contributed by atoms with E-state index in [9.17, 15) is 4.79 Å². The predicted octanol–water partition coefficient (Wildman–Crippen LogP) is 1.24. The second kappa shape index (κ2) is 5.14. The van der Waals surface area contributed by atoms with E-state index in [-0.39, 0.29) is 5.91 Å². The van der Waals surface area contributed by atoms with Crippen LogP contribution in [0.4, 0.5) is 5.69 Å². The number of carbonyl (C=O) groups excluding carboxylic acids is 1. The van der Waals surface area contributed by atoms with E-state index in [2.05, 4.69) is 10.4 Å². The number of nitrogens with one attached hydrogen (secondary N) is 1. The zero-order valence-corrected chi connectivity index (χ0v) is 10.0. The second-order valence-corrected chi connectivity index (χ2v) is 4.36. The Bertz CT molecular complexity index is 386. The van der Waals surface area contributed by atoms with Gasteiger partial charge in [0, 0.05) is 13.1 Å². The van der Waals surface area contributed by atoms with Crippen LogP contribution in [-0.4, -0.2) is 28.9 Å². The topological polar surface area (TPSA) is 71.2 Å². The van der Waals surface area contributed by atoms with Crippen molar-refractivity contribution in [1.29, 1.82) is 0 Å². The van der Waals surface area contributed by atoms with Crippen LogP contribution in [0, 0.1) is 5.92 Å². The largest absolute Gasteiger partial charge is 0.337 e. The molecule has 0 bridgehead atoms. The molecule has 1 saturated carbocycles. The summed E-state index contributed by atoms with van der Waals surface area (Å²) in [5.41, 5.74) is 3.67. The Labute approximate surface area is 101 Å². The van der Waals surface area contributed by atoms with Gasteiger partial charge in [0.1, 0.15) is 5.69 Å². The van der Waals surface area contributed by atoms with Crippen LogP contribution in [0.3, 0.4) is 0 Å². The predicted molar refractivity (Wildman–Crippen MR) is 66.3 cm³/mol. The Morgan fingerprint density at radius 3 is 2.82 bits per heavy atom. The van der Waals surface area contributed by atoms with Crippen LogP contribution in [0.25, 0.3) is 0 Å². The molecule has 92 valence electrons. The molecule has 0 atom stereocenters. The van der Waals surface area contributed by atoms with E-state index in [1.165, 1.54) is 12.8 Å². The molecular weight excluding hydrogens is 216 g/mol. The lowest BCUT2D eigenvalue weighted by Gasteiger charge is -2.20. The van der Waals surface area contributed by atoms with Crippen molar-refractivity contribution in [1.82, 2.24) is 9.88 Å². The summed E-state index contributed by atoms with van der Waals surface area (Å²) in [5.74, 6) is 5.95. The molecule has 1 aliphatic rings. The van der Waals surface area contributed by atoms with Gasteiger partial charge in [-0.3, -0.25) is 10.6 Å². The summed E-state index contributed by atoms with van der Waals surface area (Å²) in [6.45, 7) is 3.58. The minimum absolute atomic E-state index is 0.00275. The molecule has 1 amide bonds. The molecule has 1 fully saturated rings. The first-order valence-electron chi connectivity index (χ1n) is 5.96. The van der Waals surface area contributed by atoms with Crippen LogP contribution in [-0.2, 0) is 0 Å². The third-order valence-electron chi connectivity index (χ3n) is 2.99. The van der Waals surface area contributed by atoms with Crippen molar-refractivity contribution in [3.8, 4) is 0 Å².